The molecular formula is C17H21NO2S. The Hall–Kier alpha value is -1.65. The third-order valence-electron chi connectivity index (χ3n) is 3.69. The predicted octanol–water partition coefficient (Wildman–Crippen LogP) is 3.50. The van der Waals surface area contributed by atoms with Crippen LogP contribution in [0.15, 0.2) is 65.6 Å². The quantitative estimate of drug-likeness (QED) is 0.819. The van der Waals surface area contributed by atoms with Gasteiger partial charge >= 0.3 is 0 Å². The predicted molar refractivity (Wildman–Crippen MR) is 85.7 cm³/mol. The molecule has 1 unspecified atom stereocenters. The van der Waals surface area contributed by atoms with Crippen molar-refractivity contribution < 1.29 is 8.42 Å². The molecule has 0 saturated carbocycles. The number of rotatable bonds is 6. The maximum atomic E-state index is 12.5. The van der Waals surface area contributed by atoms with Crippen LogP contribution in [0, 0.1) is 0 Å². The number of likely N-dealkylation sites (N-methyl/N-ethyl adjacent to an activating group) is 1. The lowest BCUT2D eigenvalue weighted by molar-refractivity contribution is 0.430. The van der Waals surface area contributed by atoms with Crippen molar-refractivity contribution in [3.63, 3.8) is 0 Å². The van der Waals surface area contributed by atoms with Gasteiger partial charge < -0.3 is 0 Å². The van der Waals surface area contributed by atoms with Gasteiger partial charge in [0.2, 0.25) is 10.0 Å². The molecule has 21 heavy (non-hydrogen) atoms. The molecule has 112 valence electrons. The third-order valence-corrected chi connectivity index (χ3v) is 5.53. The van der Waals surface area contributed by atoms with Crippen LogP contribution in [-0.2, 0) is 10.0 Å². The molecule has 0 saturated heterocycles. The lowest BCUT2D eigenvalue weighted by Crippen LogP contribution is -2.31. The van der Waals surface area contributed by atoms with Gasteiger partial charge in [0.1, 0.15) is 0 Å². The van der Waals surface area contributed by atoms with Gasteiger partial charge in [-0.25, -0.2) is 12.7 Å². The van der Waals surface area contributed by atoms with E-state index in [9.17, 15) is 8.42 Å². The van der Waals surface area contributed by atoms with Gasteiger partial charge in [-0.15, -0.1) is 0 Å². The van der Waals surface area contributed by atoms with Crippen molar-refractivity contribution in [3.05, 3.63) is 66.2 Å². The number of hydrogen-bond donors (Lipinski definition) is 0. The zero-order valence-electron chi connectivity index (χ0n) is 12.4. The molecule has 0 radical (unpaired) electrons. The summed E-state index contributed by atoms with van der Waals surface area (Å²) >= 11 is 0. The van der Waals surface area contributed by atoms with Crippen LogP contribution >= 0.6 is 0 Å². The summed E-state index contributed by atoms with van der Waals surface area (Å²) < 4.78 is 26.5. The zero-order valence-corrected chi connectivity index (χ0v) is 13.3. The van der Waals surface area contributed by atoms with E-state index < -0.39 is 10.0 Å². The van der Waals surface area contributed by atoms with Crippen molar-refractivity contribution in [2.75, 3.05) is 13.6 Å². The minimum absolute atomic E-state index is 0.203. The van der Waals surface area contributed by atoms with Crippen LogP contribution < -0.4 is 0 Å². The zero-order chi connectivity index (χ0) is 15.3. The smallest absolute Gasteiger partial charge is 0.207 e. The van der Waals surface area contributed by atoms with Crippen LogP contribution in [0.25, 0.3) is 0 Å². The van der Waals surface area contributed by atoms with Crippen LogP contribution in [0.2, 0.25) is 0 Å². The van der Waals surface area contributed by atoms with Crippen LogP contribution in [0.1, 0.15) is 24.8 Å². The number of sulfonamides is 1. The van der Waals surface area contributed by atoms with Gasteiger partial charge in [-0.2, -0.15) is 0 Å². The Balaban J connectivity index is 2.18. The summed E-state index contributed by atoms with van der Waals surface area (Å²) in [6.07, 6.45) is 0.901. The molecule has 0 aromatic heterocycles. The molecule has 2 aromatic rings. The topological polar surface area (TPSA) is 37.4 Å². The minimum Gasteiger partial charge on any atom is -0.207 e. The first-order valence-electron chi connectivity index (χ1n) is 7.12. The minimum atomic E-state index is -3.42. The summed E-state index contributed by atoms with van der Waals surface area (Å²) in [6, 6.07) is 18.6. The van der Waals surface area contributed by atoms with E-state index in [2.05, 4.69) is 19.1 Å². The summed E-state index contributed by atoms with van der Waals surface area (Å²) in [5.74, 6) is 0.203. The first-order valence-corrected chi connectivity index (χ1v) is 8.56. The molecule has 0 heterocycles. The molecule has 1 atom stereocenters. The summed E-state index contributed by atoms with van der Waals surface area (Å²) in [7, 11) is -1.77. The van der Waals surface area contributed by atoms with E-state index in [-0.39, 0.29) is 5.92 Å². The van der Waals surface area contributed by atoms with Crippen molar-refractivity contribution in [1.82, 2.24) is 4.31 Å². The highest BCUT2D eigenvalue weighted by atomic mass is 32.2. The molecule has 0 N–H and O–H groups in total. The Morgan fingerprint density at radius 3 is 2.00 bits per heavy atom. The van der Waals surface area contributed by atoms with Crippen molar-refractivity contribution in [2.24, 2.45) is 0 Å². The highest BCUT2D eigenvalue weighted by molar-refractivity contribution is 7.89. The van der Waals surface area contributed by atoms with E-state index >= 15 is 0 Å². The highest BCUT2D eigenvalue weighted by Crippen LogP contribution is 2.23. The highest BCUT2D eigenvalue weighted by Gasteiger charge is 2.23. The fraction of sp³-hybridized carbons (Fsp3) is 0.294. The largest absolute Gasteiger partial charge is 0.242 e. The van der Waals surface area contributed by atoms with Gasteiger partial charge in [0, 0.05) is 13.6 Å². The molecule has 0 spiro atoms. The van der Waals surface area contributed by atoms with Crippen LogP contribution in [0.4, 0.5) is 0 Å². The number of nitrogens with zero attached hydrogens (tertiary/aromatic N) is 1. The Labute approximate surface area is 127 Å². The average Bonchev–Trinajstić information content (AvgIpc) is 2.54. The Bertz CT molecular complexity index is 654. The molecular weight excluding hydrogens is 282 g/mol. The van der Waals surface area contributed by atoms with Gasteiger partial charge in [-0.3, -0.25) is 0 Å². The maximum absolute atomic E-state index is 12.5. The average molecular weight is 303 g/mol. The summed E-state index contributed by atoms with van der Waals surface area (Å²) in [5, 5.41) is 0. The first-order chi connectivity index (χ1) is 10.1. The normalized spacial score (nSPS) is 13.3. The summed E-state index contributed by atoms with van der Waals surface area (Å²) in [6.45, 7) is 2.57. The third kappa shape index (κ3) is 3.71. The number of benzene rings is 2. The number of hydrogen-bond acceptors (Lipinski definition) is 2. The Morgan fingerprint density at radius 1 is 0.952 bits per heavy atom. The molecule has 0 fully saturated rings. The van der Waals surface area contributed by atoms with Crippen molar-refractivity contribution >= 4 is 10.0 Å². The first kappa shape index (κ1) is 15.7. The fourth-order valence-electron chi connectivity index (χ4n) is 2.38. The Morgan fingerprint density at radius 2 is 1.48 bits per heavy atom. The van der Waals surface area contributed by atoms with Crippen molar-refractivity contribution in [1.29, 1.82) is 0 Å². The van der Waals surface area contributed by atoms with Gasteiger partial charge in [0.25, 0.3) is 0 Å². The molecule has 0 amide bonds. The fourth-order valence-corrected chi connectivity index (χ4v) is 3.61. The monoisotopic (exact) mass is 303 g/mol. The van der Waals surface area contributed by atoms with Gasteiger partial charge in [-0.1, -0.05) is 55.5 Å². The second-order valence-electron chi connectivity index (χ2n) is 5.11. The van der Waals surface area contributed by atoms with Gasteiger partial charge in [0.05, 0.1) is 4.90 Å². The second kappa shape index (κ2) is 6.87. The maximum Gasteiger partial charge on any atom is 0.242 e. The molecule has 2 rings (SSSR count). The lowest BCUT2D eigenvalue weighted by atomic mass is 9.97. The van der Waals surface area contributed by atoms with Crippen LogP contribution in [0.3, 0.4) is 0 Å². The molecule has 0 aliphatic carbocycles. The molecule has 0 aliphatic rings. The van der Waals surface area contributed by atoms with Gasteiger partial charge in [0.15, 0.2) is 0 Å². The van der Waals surface area contributed by atoms with Crippen LogP contribution in [0.5, 0.6) is 0 Å². The molecule has 0 bridgehead atoms. The lowest BCUT2D eigenvalue weighted by Gasteiger charge is -2.23. The summed E-state index contributed by atoms with van der Waals surface area (Å²) in [4.78, 5) is 0.343. The Kier molecular flexibility index (Phi) is 5.15. The molecule has 3 nitrogen and oxygen atoms in total. The van der Waals surface area contributed by atoms with E-state index in [0.29, 0.717) is 11.4 Å². The summed E-state index contributed by atoms with van der Waals surface area (Å²) in [5.41, 5.74) is 1.18. The van der Waals surface area contributed by atoms with E-state index in [0.717, 1.165) is 6.42 Å². The SMILES string of the molecule is CCC(CN(C)S(=O)(=O)c1ccccc1)c1ccccc1. The van der Waals surface area contributed by atoms with Crippen molar-refractivity contribution in [2.45, 2.75) is 24.2 Å². The molecule has 2 aromatic carbocycles. The van der Waals surface area contributed by atoms with E-state index in [1.165, 1.54) is 9.87 Å². The van der Waals surface area contributed by atoms with E-state index in [4.69, 9.17) is 0 Å². The molecule has 4 heteroatoms. The van der Waals surface area contributed by atoms with Crippen LogP contribution in [-0.4, -0.2) is 26.3 Å². The van der Waals surface area contributed by atoms with E-state index in [1.807, 2.05) is 24.3 Å². The second-order valence-corrected chi connectivity index (χ2v) is 7.16. The van der Waals surface area contributed by atoms with Gasteiger partial charge in [-0.05, 0) is 30.0 Å². The van der Waals surface area contributed by atoms with E-state index in [1.54, 1.807) is 31.3 Å². The molecule has 0 aliphatic heterocycles. The standard InChI is InChI=1S/C17H21NO2S/c1-3-15(16-10-6-4-7-11-16)14-18(2)21(19,20)17-12-8-5-9-13-17/h4-13,15H,3,14H2,1-2H3. The van der Waals surface area contributed by atoms with Crippen molar-refractivity contribution in [3.8, 4) is 0 Å².